The van der Waals surface area contributed by atoms with Crippen molar-refractivity contribution in [3.8, 4) is 5.75 Å². The highest BCUT2D eigenvalue weighted by Crippen LogP contribution is 2.32. The average Bonchev–Trinajstić information content (AvgIpc) is 3.30. The first-order valence-corrected chi connectivity index (χ1v) is 9.73. The lowest BCUT2D eigenvalue weighted by atomic mass is 10.1. The minimum absolute atomic E-state index is 0.0562. The monoisotopic (exact) mass is 375 g/mol. The Hall–Kier alpha value is -3.08. The standard InChI is InChI=1S/C23H21NO4/c1-14-11-15-5-2-3-8-20(15)24(14)22(25)13-27-16-9-10-18-17-6-4-7-19(17)23(26)28-21(18)12-16/h2-3,5,8-10,12,14H,4,6-7,11,13H2,1H3/t14-/m1/s1. The minimum atomic E-state index is -0.254. The molecule has 2 aromatic carbocycles. The van der Waals surface area contributed by atoms with Gasteiger partial charge in [-0.3, -0.25) is 4.79 Å². The number of amides is 1. The van der Waals surface area contributed by atoms with E-state index in [4.69, 9.17) is 9.15 Å². The van der Waals surface area contributed by atoms with Crippen LogP contribution in [0.2, 0.25) is 0 Å². The molecule has 0 saturated carbocycles. The third-order valence-electron chi connectivity index (χ3n) is 5.78. The van der Waals surface area contributed by atoms with Crippen LogP contribution >= 0.6 is 0 Å². The zero-order valence-corrected chi connectivity index (χ0v) is 15.7. The molecular formula is C23H21NO4. The largest absolute Gasteiger partial charge is 0.484 e. The molecule has 0 unspecified atom stereocenters. The quantitative estimate of drug-likeness (QED) is 0.656. The van der Waals surface area contributed by atoms with E-state index in [2.05, 4.69) is 6.07 Å². The van der Waals surface area contributed by atoms with Crippen molar-refractivity contribution in [2.75, 3.05) is 11.5 Å². The van der Waals surface area contributed by atoms with E-state index in [1.54, 1.807) is 6.07 Å². The maximum Gasteiger partial charge on any atom is 0.339 e. The van der Waals surface area contributed by atoms with Crippen molar-refractivity contribution in [1.82, 2.24) is 0 Å². The zero-order valence-electron chi connectivity index (χ0n) is 15.7. The Morgan fingerprint density at radius 1 is 1.18 bits per heavy atom. The summed E-state index contributed by atoms with van der Waals surface area (Å²) in [4.78, 5) is 26.8. The highest BCUT2D eigenvalue weighted by atomic mass is 16.5. The van der Waals surface area contributed by atoms with Crippen LogP contribution in [0.3, 0.4) is 0 Å². The molecule has 5 nitrogen and oxygen atoms in total. The summed E-state index contributed by atoms with van der Waals surface area (Å²) in [7, 11) is 0. The second-order valence-electron chi connectivity index (χ2n) is 7.59. The molecule has 142 valence electrons. The number of ether oxygens (including phenoxy) is 1. The fourth-order valence-corrected chi connectivity index (χ4v) is 4.51. The Labute approximate surface area is 162 Å². The van der Waals surface area contributed by atoms with Gasteiger partial charge in [-0.2, -0.15) is 0 Å². The van der Waals surface area contributed by atoms with E-state index in [-0.39, 0.29) is 24.2 Å². The summed E-state index contributed by atoms with van der Waals surface area (Å²) in [5.41, 5.74) is 4.31. The summed E-state index contributed by atoms with van der Waals surface area (Å²) < 4.78 is 11.2. The predicted molar refractivity (Wildman–Crippen MR) is 107 cm³/mol. The van der Waals surface area contributed by atoms with E-state index >= 15 is 0 Å². The van der Waals surface area contributed by atoms with Crippen LogP contribution in [-0.2, 0) is 24.1 Å². The van der Waals surface area contributed by atoms with Gasteiger partial charge in [-0.15, -0.1) is 0 Å². The van der Waals surface area contributed by atoms with E-state index in [1.165, 1.54) is 5.56 Å². The molecule has 0 saturated heterocycles. The third kappa shape index (κ3) is 2.70. The molecule has 1 aromatic heterocycles. The van der Waals surface area contributed by atoms with Crippen LogP contribution in [-0.4, -0.2) is 18.6 Å². The van der Waals surface area contributed by atoms with Gasteiger partial charge < -0.3 is 14.1 Å². The number of fused-ring (bicyclic) bond motifs is 4. The first-order chi connectivity index (χ1) is 13.6. The number of para-hydroxylation sites is 1. The van der Waals surface area contributed by atoms with E-state index in [0.29, 0.717) is 11.3 Å². The molecule has 1 amide bonds. The van der Waals surface area contributed by atoms with Crippen LogP contribution in [0.4, 0.5) is 5.69 Å². The van der Waals surface area contributed by atoms with E-state index in [1.807, 2.05) is 42.2 Å². The van der Waals surface area contributed by atoms with Crippen LogP contribution in [0.5, 0.6) is 5.75 Å². The molecule has 5 heteroatoms. The number of aryl methyl sites for hydroxylation is 1. The van der Waals surface area contributed by atoms with Gasteiger partial charge in [0.05, 0.1) is 0 Å². The topological polar surface area (TPSA) is 59.8 Å². The summed E-state index contributed by atoms with van der Waals surface area (Å²) in [6, 6.07) is 13.6. The fraction of sp³-hybridized carbons (Fsp3) is 0.304. The predicted octanol–water partition coefficient (Wildman–Crippen LogP) is 3.64. The SMILES string of the molecule is C[C@@H]1Cc2ccccc2N1C(=O)COc1ccc2c3c(c(=O)oc2c1)CCC3. The second-order valence-corrected chi connectivity index (χ2v) is 7.59. The smallest absolute Gasteiger partial charge is 0.339 e. The van der Waals surface area contributed by atoms with Crippen molar-refractivity contribution in [3.63, 3.8) is 0 Å². The number of hydrogen-bond donors (Lipinski definition) is 0. The minimum Gasteiger partial charge on any atom is -0.484 e. The molecule has 0 bridgehead atoms. The van der Waals surface area contributed by atoms with Crippen LogP contribution in [0.25, 0.3) is 11.0 Å². The Morgan fingerprint density at radius 3 is 2.89 bits per heavy atom. The number of carbonyl (C=O) groups is 1. The van der Waals surface area contributed by atoms with Crippen LogP contribution in [0.1, 0.15) is 30.0 Å². The van der Waals surface area contributed by atoms with Gasteiger partial charge in [-0.1, -0.05) is 18.2 Å². The van der Waals surface area contributed by atoms with Crippen molar-refractivity contribution in [2.45, 2.75) is 38.6 Å². The molecule has 0 radical (unpaired) electrons. The van der Waals surface area contributed by atoms with Crippen molar-refractivity contribution in [1.29, 1.82) is 0 Å². The second kappa shape index (κ2) is 6.51. The molecule has 3 aromatic rings. The normalized spacial score (nSPS) is 17.6. The lowest BCUT2D eigenvalue weighted by Crippen LogP contribution is -2.39. The maximum atomic E-state index is 12.8. The molecule has 28 heavy (non-hydrogen) atoms. The highest BCUT2D eigenvalue weighted by Gasteiger charge is 2.30. The van der Waals surface area contributed by atoms with Crippen molar-refractivity contribution in [3.05, 3.63) is 69.6 Å². The fourth-order valence-electron chi connectivity index (χ4n) is 4.51. The highest BCUT2D eigenvalue weighted by molar-refractivity contribution is 5.97. The molecule has 0 fully saturated rings. The molecular weight excluding hydrogens is 354 g/mol. The number of nitrogens with zero attached hydrogens (tertiary/aromatic N) is 1. The maximum absolute atomic E-state index is 12.8. The lowest BCUT2D eigenvalue weighted by molar-refractivity contribution is -0.120. The van der Waals surface area contributed by atoms with E-state index < -0.39 is 0 Å². The number of carbonyl (C=O) groups excluding carboxylic acids is 1. The van der Waals surface area contributed by atoms with Gasteiger partial charge in [0.2, 0.25) is 0 Å². The number of hydrogen-bond acceptors (Lipinski definition) is 4. The summed E-state index contributed by atoms with van der Waals surface area (Å²) >= 11 is 0. The van der Waals surface area contributed by atoms with Crippen LogP contribution < -0.4 is 15.3 Å². The Kier molecular flexibility index (Phi) is 3.97. The Morgan fingerprint density at radius 2 is 2.00 bits per heavy atom. The van der Waals surface area contributed by atoms with Gasteiger partial charge in [0.1, 0.15) is 11.3 Å². The Bertz CT molecular complexity index is 1150. The third-order valence-corrected chi connectivity index (χ3v) is 5.78. The molecule has 0 spiro atoms. The van der Waals surface area contributed by atoms with E-state index in [0.717, 1.165) is 47.9 Å². The first kappa shape index (κ1) is 17.0. The summed E-state index contributed by atoms with van der Waals surface area (Å²) in [5, 5.41) is 0.966. The van der Waals surface area contributed by atoms with Gasteiger partial charge in [0, 0.05) is 28.7 Å². The van der Waals surface area contributed by atoms with Crippen LogP contribution in [0.15, 0.2) is 51.7 Å². The van der Waals surface area contributed by atoms with E-state index in [9.17, 15) is 9.59 Å². The summed E-state index contributed by atoms with van der Waals surface area (Å²) in [6.07, 6.45) is 3.54. The molecule has 0 N–H and O–H groups in total. The number of anilines is 1. The Balaban J connectivity index is 1.37. The number of benzene rings is 2. The molecule has 2 aliphatic rings. The lowest BCUT2D eigenvalue weighted by Gasteiger charge is -2.22. The van der Waals surface area contributed by atoms with Crippen molar-refractivity contribution >= 4 is 22.6 Å². The summed E-state index contributed by atoms with van der Waals surface area (Å²) in [5.74, 6) is 0.454. The molecule has 2 heterocycles. The van der Waals surface area contributed by atoms with Gasteiger partial charge in [0.15, 0.2) is 6.61 Å². The summed E-state index contributed by atoms with van der Waals surface area (Å²) in [6.45, 7) is 1.99. The average molecular weight is 375 g/mol. The van der Waals surface area contributed by atoms with Crippen LogP contribution in [0, 0.1) is 0 Å². The van der Waals surface area contributed by atoms with Gasteiger partial charge in [-0.25, -0.2) is 4.79 Å². The molecule has 1 aliphatic heterocycles. The first-order valence-electron chi connectivity index (χ1n) is 9.73. The van der Waals surface area contributed by atoms with Gasteiger partial charge >= 0.3 is 5.63 Å². The molecule has 1 aliphatic carbocycles. The molecule has 1 atom stereocenters. The van der Waals surface area contributed by atoms with Gasteiger partial charge in [-0.05, 0) is 61.9 Å². The van der Waals surface area contributed by atoms with Gasteiger partial charge in [0.25, 0.3) is 5.91 Å². The van der Waals surface area contributed by atoms with Crippen molar-refractivity contribution in [2.24, 2.45) is 0 Å². The number of rotatable bonds is 3. The zero-order chi connectivity index (χ0) is 19.3. The van der Waals surface area contributed by atoms with Crippen molar-refractivity contribution < 1.29 is 13.9 Å². The molecule has 5 rings (SSSR count).